The summed E-state index contributed by atoms with van der Waals surface area (Å²) in [6, 6.07) is 6.54. The summed E-state index contributed by atoms with van der Waals surface area (Å²) in [5.41, 5.74) is 0.914. The molecular weight excluding hydrogens is 383 g/mol. The zero-order chi connectivity index (χ0) is 20.8. The molecule has 29 heavy (non-hydrogen) atoms. The van der Waals surface area contributed by atoms with E-state index in [0.29, 0.717) is 37.0 Å². The number of aryl methyl sites for hydroxylation is 1. The molecule has 1 fully saturated rings. The number of halogens is 3. The van der Waals surface area contributed by atoms with Crippen LogP contribution in [0.1, 0.15) is 34.5 Å². The molecule has 1 aliphatic heterocycles. The van der Waals surface area contributed by atoms with Gasteiger partial charge in [0.05, 0.1) is 27.9 Å². The van der Waals surface area contributed by atoms with E-state index in [4.69, 9.17) is 4.52 Å². The molecule has 0 spiro atoms. The maximum absolute atomic E-state index is 13.5. The number of likely N-dealkylation sites (tertiary alicyclic amines) is 1. The Bertz CT molecular complexity index is 1110. The Morgan fingerprint density at radius 1 is 1.21 bits per heavy atom. The number of benzene rings is 1. The van der Waals surface area contributed by atoms with Crippen LogP contribution < -0.4 is 0 Å². The van der Waals surface area contributed by atoms with Crippen molar-refractivity contribution in [3.05, 3.63) is 59.3 Å². The zero-order valence-corrected chi connectivity index (χ0v) is 15.7. The topological polar surface area (TPSA) is 59.2 Å². The summed E-state index contributed by atoms with van der Waals surface area (Å²) in [5.74, 6) is -0.276. The quantitative estimate of drug-likeness (QED) is 0.567. The van der Waals surface area contributed by atoms with Crippen LogP contribution in [0.2, 0.25) is 0 Å². The summed E-state index contributed by atoms with van der Waals surface area (Å²) < 4.78 is 45.7. The normalized spacial score (nSPS) is 15.2. The highest BCUT2D eigenvalue weighted by molar-refractivity contribution is 6.07. The van der Waals surface area contributed by atoms with Crippen LogP contribution in [0.4, 0.5) is 13.2 Å². The maximum atomic E-state index is 13.5. The van der Waals surface area contributed by atoms with Gasteiger partial charge in [-0.25, -0.2) is 4.98 Å². The minimum absolute atomic E-state index is 0.0198. The van der Waals surface area contributed by atoms with Gasteiger partial charge in [-0.3, -0.25) is 4.79 Å². The minimum atomic E-state index is -4.55. The van der Waals surface area contributed by atoms with Crippen LogP contribution in [0.25, 0.3) is 22.4 Å². The van der Waals surface area contributed by atoms with Crippen LogP contribution in [0, 0.1) is 6.92 Å². The van der Waals surface area contributed by atoms with Crippen LogP contribution in [0.3, 0.4) is 0 Å². The Balaban J connectivity index is 1.87. The van der Waals surface area contributed by atoms with Crippen molar-refractivity contribution in [1.29, 1.82) is 0 Å². The van der Waals surface area contributed by atoms with Gasteiger partial charge in [0.1, 0.15) is 0 Å². The lowest BCUT2D eigenvalue weighted by Crippen LogP contribution is -2.36. The number of carbonyl (C=O) groups is 1. The molecule has 0 bridgehead atoms. The fraction of sp³-hybridized carbons (Fsp3) is 0.286. The molecule has 0 radical (unpaired) electrons. The Kier molecular flexibility index (Phi) is 4.64. The first-order chi connectivity index (χ1) is 13.8. The molecule has 1 aromatic carbocycles. The van der Waals surface area contributed by atoms with E-state index in [2.05, 4.69) is 16.7 Å². The Morgan fingerprint density at radius 2 is 1.90 bits per heavy atom. The van der Waals surface area contributed by atoms with Gasteiger partial charge in [0.2, 0.25) is 0 Å². The van der Waals surface area contributed by atoms with Gasteiger partial charge in [0.15, 0.2) is 0 Å². The average molecular weight is 401 g/mol. The first-order valence-corrected chi connectivity index (χ1v) is 9.15. The summed E-state index contributed by atoms with van der Waals surface area (Å²) >= 11 is 0. The smallest absolute Gasteiger partial charge is 0.338 e. The summed E-state index contributed by atoms with van der Waals surface area (Å²) in [6.45, 7) is 6.64. The fourth-order valence-corrected chi connectivity index (χ4v) is 3.55. The molecule has 1 saturated heterocycles. The van der Waals surface area contributed by atoms with Crippen molar-refractivity contribution < 1.29 is 22.5 Å². The SMILES string of the molecule is C=C1CCN(C(=O)c2cc(-c3ccccc3C(F)(F)F)nc3onc(C)c23)CC1. The third kappa shape index (κ3) is 3.50. The second kappa shape index (κ2) is 7.02. The highest BCUT2D eigenvalue weighted by Gasteiger charge is 2.34. The molecule has 0 N–H and O–H groups in total. The monoisotopic (exact) mass is 401 g/mol. The van der Waals surface area contributed by atoms with E-state index in [-0.39, 0.29) is 28.4 Å². The van der Waals surface area contributed by atoms with E-state index in [1.165, 1.54) is 24.3 Å². The first-order valence-electron chi connectivity index (χ1n) is 9.15. The summed E-state index contributed by atoms with van der Waals surface area (Å²) in [5, 5.41) is 4.28. The van der Waals surface area contributed by atoms with E-state index >= 15 is 0 Å². The van der Waals surface area contributed by atoms with Crippen molar-refractivity contribution in [3.63, 3.8) is 0 Å². The summed E-state index contributed by atoms with van der Waals surface area (Å²) in [6.07, 6.45) is -3.15. The Hall–Kier alpha value is -3.16. The fourth-order valence-electron chi connectivity index (χ4n) is 3.55. The number of piperidine rings is 1. The molecular formula is C21H18F3N3O2. The van der Waals surface area contributed by atoms with Crippen molar-refractivity contribution in [1.82, 2.24) is 15.0 Å². The number of hydrogen-bond donors (Lipinski definition) is 0. The van der Waals surface area contributed by atoms with E-state index in [9.17, 15) is 18.0 Å². The summed E-state index contributed by atoms with van der Waals surface area (Å²) in [7, 11) is 0. The number of fused-ring (bicyclic) bond motifs is 1. The molecule has 0 unspecified atom stereocenters. The van der Waals surface area contributed by atoms with Gasteiger partial charge >= 0.3 is 6.18 Å². The highest BCUT2D eigenvalue weighted by Crippen LogP contribution is 2.38. The molecule has 1 aliphatic rings. The largest absolute Gasteiger partial charge is 0.417 e. The predicted molar refractivity (Wildman–Crippen MR) is 101 cm³/mol. The van der Waals surface area contributed by atoms with Crippen LogP contribution in [-0.2, 0) is 6.18 Å². The minimum Gasteiger partial charge on any atom is -0.338 e. The second-order valence-electron chi connectivity index (χ2n) is 7.09. The number of nitrogens with zero attached hydrogens (tertiary/aromatic N) is 3. The lowest BCUT2D eigenvalue weighted by molar-refractivity contribution is -0.137. The second-order valence-corrected chi connectivity index (χ2v) is 7.09. The molecule has 4 rings (SSSR count). The molecule has 3 aromatic rings. The molecule has 0 atom stereocenters. The lowest BCUT2D eigenvalue weighted by atomic mass is 9.99. The molecule has 3 heterocycles. The molecule has 1 amide bonds. The Labute approximate surface area is 164 Å². The molecule has 5 nitrogen and oxygen atoms in total. The van der Waals surface area contributed by atoms with Gasteiger partial charge in [-0.15, -0.1) is 0 Å². The van der Waals surface area contributed by atoms with Gasteiger partial charge < -0.3 is 9.42 Å². The lowest BCUT2D eigenvalue weighted by Gasteiger charge is -2.28. The molecule has 8 heteroatoms. The Morgan fingerprint density at radius 3 is 2.59 bits per heavy atom. The van der Waals surface area contributed by atoms with E-state index in [1.54, 1.807) is 11.8 Å². The highest BCUT2D eigenvalue weighted by atomic mass is 19.4. The van der Waals surface area contributed by atoms with Crippen LogP contribution >= 0.6 is 0 Å². The average Bonchev–Trinajstić information content (AvgIpc) is 3.08. The number of carbonyl (C=O) groups excluding carboxylic acids is 1. The zero-order valence-electron chi connectivity index (χ0n) is 15.7. The van der Waals surface area contributed by atoms with Crippen LogP contribution in [-0.4, -0.2) is 34.0 Å². The van der Waals surface area contributed by atoms with Gasteiger partial charge in [-0.05, 0) is 31.9 Å². The van der Waals surface area contributed by atoms with Crippen molar-refractivity contribution in [2.45, 2.75) is 25.9 Å². The van der Waals surface area contributed by atoms with E-state index in [0.717, 1.165) is 11.6 Å². The van der Waals surface area contributed by atoms with Gasteiger partial charge in [-0.2, -0.15) is 13.2 Å². The van der Waals surface area contributed by atoms with Gasteiger partial charge in [0.25, 0.3) is 11.6 Å². The van der Waals surface area contributed by atoms with Gasteiger partial charge in [0, 0.05) is 18.7 Å². The number of aromatic nitrogens is 2. The predicted octanol–water partition coefficient (Wildman–Crippen LogP) is 5.01. The summed E-state index contributed by atoms with van der Waals surface area (Å²) in [4.78, 5) is 19.1. The van der Waals surface area contributed by atoms with Gasteiger partial charge in [-0.1, -0.05) is 35.5 Å². The third-order valence-electron chi connectivity index (χ3n) is 5.11. The van der Waals surface area contributed by atoms with Crippen molar-refractivity contribution in [2.75, 3.05) is 13.1 Å². The standard InChI is InChI=1S/C21H18F3N3O2/c1-12-7-9-27(10-8-12)20(28)15-11-17(25-19-18(15)13(2)26-29-19)14-5-3-4-6-16(14)21(22,23)24/h3-6,11H,1,7-10H2,2H3. The number of alkyl halides is 3. The third-order valence-corrected chi connectivity index (χ3v) is 5.11. The van der Waals surface area contributed by atoms with E-state index in [1.807, 2.05) is 0 Å². The van der Waals surface area contributed by atoms with E-state index < -0.39 is 11.7 Å². The number of hydrogen-bond acceptors (Lipinski definition) is 4. The van der Waals surface area contributed by atoms with Crippen LogP contribution in [0.15, 0.2) is 47.0 Å². The molecule has 2 aromatic heterocycles. The first kappa shape index (κ1) is 19.2. The molecule has 0 saturated carbocycles. The van der Waals surface area contributed by atoms with Crippen LogP contribution in [0.5, 0.6) is 0 Å². The number of amides is 1. The van der Waals surface area contributed by atoms with Crippen molar-refractivity contribution in [3.8, 4) is 11.3 Å². The molecule has 150 valence electrons. The number of pyridine rings is 1. The van der Waals surface area contributed by atoms with Crippen molar-refractivity contribution in [2.24, 2.45) is 0 Å². The van der Waals surface area contributed by atoms with Crippen molar-refractivity contribution >= 4 is 17.0 Å². The molecule has 0 aliphatic carbocycles. The maximum Gasteiger partial charge on any atom is 0.417 e. The number of rotatable bonds is 2.